The second kappa shape index (κ2) is 5.75. The van der Waals surface area contributed by atoms with Crippen molar-refractivity contribution in [1.29, 1.82) is 0 Å². The Morgan fingerprint density at radius 1 is 1.05 bits per heavy atom. The average molecular weight is 271 g/mol. The maximum absolute atomic E-state index is 13.3. The van der Waals surface area contributed by atoms with Gasteiger partial charge in [-0.1, -0.05) is 36.5 Å². The summed E-state index contributed by atoms with van der Waals surface area (Å²) in [7, 11) is 0. The highest BCUT2D eigenvalue weighted by Crippen LogP contribution is 2.17. The molecule has 0 aliphatic carbocycles. The van der Waals surface area contributed by atoms with Gasteiger partial charge in [0.05, 0.1) is 0 Å². The van der Waals surface area contributed by atoms with Gasteiger partial charge in [0.1, 0.15) is 17.3 Å². The standard InChI is InChI=1S/C17H15F2N/c1-3-13-8-11(2)4-6-14(13)7-5-12-9-15(18)17(20)16(19)10-12/h4,6,8-10H,3,20H2,1-2H3. The first-order valence-corrected chi connectivity index (χ1v) is 6.37. The molecule has 2 rings (SSSR count). The molecule has 2 N–H and O–H groups in total. The first-order chi connectivity index (χ1) is 9.51. The molecule has 0 heterocycles. The molecule has 0 aromatic heterocycles. The molecule has 0 unspecified atom stereocenters. The molecule has 0 atom stereocenters. The molecule has 102 valence electrons. The number of rotatable bonds is 1. The van der Waals surface area contributed by atoms with E-state index in [-0.39, 0.29) is 5.56 Å². The summed E-state index contributed by atoms with van der Waals surface area (Å²) in [4.78, 5) is 0. The van der Waals surface area contributed by atoms with E-state index in [0.717, 1.165) is 35.2 Å². The molecule has 0 spiro atoms. The zero-order valence-corrected chi connectivity index (χ0v) is 11.4. The number of anilines is 1. The van der Waals surface area contributed by atoms with E-state index in [2.05, 4.69) is 17.9 Å². The van der Waals surface area contributed by atoms with Gasteiger partial charge in [0.25, 0.3) is 0 Å². The van der Waals surface area contributed by atoms with E-state index in [0.29, 0.717) is 0 Å². The lowest BCUT2D eigenvalue weighted by Crippen LogP contribution is -1.96. The summed E-state index contributed by atoms with van der Waals surface area (Å²) >= 11 is 0. The third kappa shape index (κ3) is 2.97. The van der Waals surface area contributed by atoms with Crippen molar-refractivity contribution >= 4 is 5.69 Å². The summed E-state index contributed by atoms with van der Waals surface area (Å²) in [6, 6.07) is 8.24. The Morgan fingerprint density at radius 2 is 1.70 bits per heavy atom. The lowest BCUT2D eigenvalue weighted by atomic mass is 10.0. The predicted octanol–water partition coefficient (Wildman–Crippen LogP) is 3.82. The van der Waals surface area contributed by atoms with Gasteiger partial charge in [0, 0.05) is 11.1 Å². The van der Waals surface area contributed by atoms with Crippen molar-refractivity contribution < 1.29 is 8.78 Å². The van der Waals surface area contributed by atoms with Crippen LogP contribution in [-0.2, 0) is 6.42 Å². The Kier molecular flexibility index (Phi) is 4.05. The third-order valence-electron chi connectivity index (χ3n) is 3.06. The average Bonchev–Trinajstić information content (AvgIpc) is 2.43. The van der Waals surface area contributed by atoms with Crippen molar-refractivity contribution in [1.82, 2.24) is 0 Å². The molecule has 20 heavy (non-hydrogen) atoms. The van der Waals surface area contributed by atoms with Crippen molar-refractivity contribution in [2.24, 2.45) is 0 Å². The minimum atomic E-state index is -0.783. The van der Waals surface area contributed by atoms with Gasteiger partial charge >= 0.3 is 0 Å². The summed E-state index contributed by atoms with van der Waals surface area (Å²) in [5.74, 6) is 4.17. The fourth-order valence-corrected chi connectivity index (χ4v) is 1.93. The molecule has 0 radical (unpaired) electrons. The van der Waals surface area contributed by atoms with Crippen molar-refractivity contribution in [2.75, 3.05) is 5.73 Å². The first-order valence-electron chi connectivity index (χ1n) is 6.37. The van der Waals surface area contributed by atoms with Crippen molar-refractivity contribution in [3.05, 3.63) is 64.2 Å². The summed E-state index contributed by atoms with van der Waals surface area (Å²) in [5, 5.41) is 0. The van der Waals surface area contributed by atoms with E-state index in [4.69, 9.17) is 5.73 Å². The van der Waals surface area contributed by atoms with Crippen LogP contribution < -0.4 is 5.73 Å². The molecule has 0 saturated heterocycles. The zero-order chi connectivity index (χ0) is 14.7. The van der Waals surface area contributed by atoms with E-state index in [9.17, 15) is 8.78 Å². The van der Waals surface area contributed by atoms with E-state index < -0.39 is 17.3 Å². The number of aryl methyl sites for hydroxylation is 2. The van der Waals surface area contributed by atoms with Crippen LogP contribution in [0.4, 0.5) is 14.5 Å². The molecule has 3 heteroatoms. The zero-order valence-electron chi connectivity index (χ0n) is 11.4. The second-order valence-corrected chi connectivity index (χ2v) is 4.62. The number of nitrogens with two attached hydrogens (primary N) is 1. The molecule has 0 saturated carbocycles. The molecular weight excluding hydrogens is 256 g/mol. The lowest BCUT2D eigenvalue weighted by molar-refractivity contribution is 0.591. The molecule has 1 nitrogen and oxygen atoms in total. The molecule has 0 aliphatic heterocycles. The van der Waals surface area contributed by atoms with Crippen LogP contribution in [0.5, 0.6) is 0 Å². The number of nitrogen functional groups attached to an aromatic ring is 1. The highest BCUT2D eigenvalue weighted by atomic mass is 19.1. The topological polar surface area (TPSA) is 26.0 Å². The third-order valence-corrected chi connectivity index (χ3v) is 3.06. The normalized spacial score (nSPS) is 10.0. The summed E-state index contributed by atoms with van der Waals surface area (Å²) in [6.07, 6.45) is 0.857. The minimum Gasteiger partial charge on any atom is -0.394 e. The Bertz CT molecular complexity index is 686. The van der Waals surface area contributed by atoms with Gasteiger partial charge in [-0.3, -0.25) is 0 Å². The van der Waals surface area contributed by atoms with Crippen molar-refractivity contribution in [3.63, 3.8) is 0 Å². The van der Waals surface area contributed by atoms with E-state index in [1.807, 2.05) is 26.0 Å². The molecule has 0 aliphatic rings. The Balaban J connectivity index is 2.41. The highest BCUT2D eigenvalue weighted by Gasteiger charge is 2.06. The quantitative estimate of drug-likeness (QED) is 0.619. The number of benzene rings is 2. The molecular formula is C17H15F2N. The van der Waals surface area contributed by atoms with Crippen LogP contribution >= 0.6 is 0 Å². The predicted molar refractivity (Wildman–Crippen MR) is 77.3 cm³/mol. The minimum absolute atomic E-state index is 0.275. The molecule has 2 aromatic rings. The van der Waals surface area contributed by atoms with Crippen molar-refractivity contribution in [3.8, 4) is 11.8 Å². The van der Waals surface area contributed by atoms with Gasteiger partial charge in [-0.2, -0.15) is 0 Å². The summed E-state index contributed by atoms with van der Waals surface area (Å²) < 4.78 is 26.7. The van der Waals surface area contributed by atoms with Crippen LogP contribution in [0, 0.1) is 30.4 Å². The van der Waals surface area contributed by atoms with Gasteiger partial charge in [-0.15, -0.1) is 0 Å². The fourth-order valence-electron chi connectivity index (χ4n) is 1.93. The molecule has 0 bridgehead atoms. The first kappa shape index (κ1) is 14.1. The van der Waals surface area contributed by atoms with Crippen LogP contribution in [0.3, 0.4) is 0 Å². The molecule has 0 amide bonds. The summed E-state index contributed by atoms with van der Waals surface area (Å²) in [5.41, 5.74) is 8.18. The smallest absolute Gasteiger partial charge is 0.150 e. The largest absolute Gasteiger partial charge is 0.394 e. The van der Waals surface area contributed by atoms with Crippen LogP contribution in [0.2, 0.25) is 0 Å². The van der Waals surface area contributed by atoms with Crippen LogP contribution in [0.15, 0.2) is 30.3 Å². The Hall–Kier alpha value is -2.34. The maximum Gasteiger partial charge on any atom is 0.150 e. The number of halogens is 2. The van der Waals surface area contributed by atoms with Gasteiger partial charge in [-0.25, -0.2) is 8.78 Å². The Labute approximate surface area is 117 Å². The second-order valence-electron chi connectivity index (χ2n) is 4.62. The van der Waals surface area contributed by atoms with E-state index >= 15 is 0 Å². The molecule has 0 fully saturated rings. The number of hydrogen-bond acceptors (Lipinski definition) is 1. The molecule has 2 aromatic carbocycles. The highest BCUT2D eigenvalue weighted by molar-refractivity contribution is 5.51. The van der Waals surface area contributed by atoms with Crippen LogP contribution in [0.25, 0.3) is 0 Å². The van der Waals surface area contributed by atoms with Crippen molar-refractivity contribution in [2.45, 2.75) is 20.3 Å². The van der Waals surface area contributed by atoms with Gasteiger partial charge in [0.2, 0.25) is 0 Å². The van der Waals surface area contributed by atoms with E-state index in [1.165, 1.54) is 0 Å². The monoisotopic (exact) mass is 271 g/mol. The number of hydrogen-bond donors (Lipinski definition) is 1. The van der Waals surface area contributed by atoms with E-state index in [1.54, 1.807) is 0 Å². The van der Waals surface area contributed by atoms with Crippen LogP contribution in [-0.4, -0.2) is 0 Å². The lowest BCUT2D eigenvalue weighted by Gasteiger charge is -2.03. The van der Waals surface area contributed by atoms with Gasteiger partial charge < -0.3 is 5.73 Å². The summed E-state index contributed by atoms with van der Waals surface area (Å²) in [6.45, 7) is 4.06. The van der Waals surface area contributed by atoms with Gasteiger partial charge in [0.15, 0.2) is 0 Å². The van der Waals surface area contributed by atoms with Gasteiger partial charge in [-0.05, 0) is 37.1 Å². The SMILES string of the molecule is CCc1cc(C)ccc1C#Cc1cc(F)c(N)c(F)c1. The Morgan fingerprint density at radius 3 is 2.30 bits per heavy atom. The fraction of sp³-hybridized carbons (Fsp3) is 0.176. The maximum atomic E-state index is 13.3. The van der Waals surface area contributed by atoms with Crippen LogP contribution in [0.1, 0.15) is 29.2 Å².